The highest BCUT2D eigenvalue weighted by Crippen LogP contribution is 2.33. The number of aromatic nitrogens is 1. The molecule has 12 heteroatoms. The standard InChI is InChI=1S/C34H40BrN3O8/c1-17-12-22-30(40)24(16-25-32(22)45-27-15-21(35)10-11-23(27)37-25)38-33(41)18(2)8-7-9-26(43-5)31(46-34(36)42)20(4)14-19(3)29(39)28(13-17)44-6/h7-11,14-17,19,26,28-29,31,39H,12-13H2,1-6H3,(H2,36,42)(H,38,41)/b9-7+,18-8+,20-14-/t17-,19+,26+,28-,29+,31-/m1/s1. The van der Waals surface area contributed by atoms with Gasteiger partial charge in [-0.15, -0.1) is 0 Å². The lowest BCUT2D eigenvalue weighted by molar-refractivity contribution is -0.112. The van der Waals surface area contributed by atoms with Crippen molar-refractivity contribution < 1.29 is 33.3 Å². The summed E-state index contributed by atoms with van der Waals surface area (Å²) in [5, 5.41) is 14.1. The molecule has 4 rings (SSSR count). The van der Waals surface area contributed by atoms with Crippen LogP contribution in [0.5, 0.6) is 0 Å². The Hall–Kier alpha value is -3.84. The lowest BCUT2D eigenvalue weighted by Crippen LogP contribution is -2.37. The molecule has 0 aromatic heterocycles. The summed E-state index contributed by atoms with van der Waals surface area (Å²) in [4.78, 5) is 43.7. The molecule has 0 saturated carbocycles. The number of nitrogens with one attached hydrogen (secondary N) is 1. The van der Waals surface area contributed by atoms with E-state index >= 15 is 0 Å². The highest BCUT2D eigenvalue weighted by molar-refractivity contribution is 9.10. The molecule has 0 unspecified atom stereocenters. The van der Waals surface area contributed by atoms with E-state index in [0.717, 1.165) is 4.47 Å². The summed E-state index contributed by atoms with van der Waals surface area (Å²) in [7, 11) is 2.97. The number of amides is 2. The predicted octanol–water partition coefficient (Wildman–Crippen LogP) is 5.52. The van der Waals surface area contributed by atoms with Crippen LogP contribution < -0.4 is 16.5 Å². The minimum absolute atomic E-state index is 0.0648. The predicted molar refractivity (Wildman–Crippen MR) is 179 cm³/mol. The number of hydrogen-bond donors (Lipinski definition) is 3. The highest BCUT2D eigenvalue weighted by atomic mass is 79.9. The van der Waals surface area contributed by atoms with Crippen LogP contribution in [0.2, 0.25) is 0 Å². The van der Waals surface area contributed by atoms with Crippen molar-refractivity contribution in [3.8, 4) is 11.5 Å². The van der Waals surface area contributed by atoms with E-state index < -0.39 is 42.3 Å². The molecule has 6 atom stereocenters. The minimum Gasteiger partial charge on any atom is -0.452 e. The number of anilines is 1. The number of primary amides is 1. The first-order chi connectivity index (χ1) is 21.8. The number of carbonyl (C=O) groups excluding carboxylic acids is 2. The molecule has 3 aliphatic rings. The van der Waals surface area contributed by atoms with E-state index in [4.69, 9.17) is 29.3 Å². The first-order valence-corrected chi connectivity index (χ1v) is 15.7. The Kier molecular flexibility index (Phi) is 11.5. The molecular formula is C34H40BrN3O8. The van der Waals surface area contributed by atoms with Crippen LogP contribution in [0.25, 0.3) is 22.6 Å². The minimum atomic E-state index is -0.987. The molecule has 2 bridgehead atoms. The summed E-state index contributed by atoms with van der Waals surface area (Å²) >= 11 is 3.46. The van der Waals surface area contributed by atoms with E-state index in [9.17, 15) is 19.5 Å². The van der Waals surface area contributed by atoms with Crippen molar-refractivity contribution in [1.29, 1.82) is 0 Å². The van der Waals surface area contributed by atoms with Gasteiger partial charge in [-0.1, -0.05) is 54.1 Å². The Labute approximate surface area is 276 Å². The Morgan fingerprint density at radius 2 is 1.89 bits per heavy atom. The number of carbonyl (C=O) groups is 2. The van der Waals surface area contributed by atoms with Gasteiger partial charge in [0.15, 0.2) is 17.4 Å². The smallest absolute Gasteiger partial charge is 0.405 e. The van der Waals surface area contributed by atoms with E-state index in [2.05, 4.69) is 21.2 Å². The van der Waals surface area contributed by atoms with Gasteiger partial charge in [0.1, 0.15) is 17.3 Å². The number of halogens is 1. The molecule has 0 saturated heterocycles. The van der Waals surface area contributed by atoms with Crippen LogP contribution >= 0.6 is 15.9 Å². The summed E-state index contributed by atoms with van der Waals surface area (Å²) in [5.41, 5.74) is 7.83. The maximum absolute atomic E-state index is 13.9. The Balaban J connectivity index is 1.86. The second-order valence-corrected chi connectivity index (χ2v) is 12.6. The number of ether oxygens (including phenoxy) is 3. The molecule has 1 aromatic carbocycles. The number of methoxy groups -OCH3 is 2. The van der Waals surface area contributed by atoms with Gasteiger partial charge in [-0.25, -0.2) is 9.78 Å². The summed E-state index contributed by atoms with van der Waals surface area (Å²) in [6, 6.07) is 6.94. The van der Waals surface area contributed by atoms with E-state index in [1.165, 1.54) is 20.3 Å². The maximum Gasteiger partial charge on any atom is 0.405 e. The number of rotatable bonds is 3. The first-order valence-electron chi connectivity index (χ1n) is 14.9. The Bertz CT molecular complexity index is 1710. The molecule has 2 aliphatic heterocycles. The third kappa shape index (κ3) is 8.11. The lowest BCUT2D eigenvalue weighted by atomic mass is 9.87. The van der Waals surface area contributed by atoms with Crippen molar-refractivity contribution in [3.63, 3.8) is 0 Å². The van der Waals surface area contributed by atoms with Crippen molar-refractivity contribution in [2.45, 2.75) is 65.0 Å². The van der Waals surface area contributed by atoms with E-state index in [1.54, 1.807) is 50.3 Å². The third-order valence-electron chi connectivity index (χ3n) is 8.13. The number of nitrogens with zero attached hydrogens (tertiary/aromatic N) is 1. The van der Waals surface area contributed by atoms with Gasteiger partial charge in [0, 0.05) is 35.7 Å². The molecule has 1 aromatic rings. The lowest BCUT2D eigenvalue weighted by Gasteiger charge is -2.29. The van der Waals surface area contributed by atoms with E-state index in [1.807, 2.05) is 19.9 Å². The van der Waals surface area contributed by atoms with Crippen LogP contribution in [0.1, 0.15) is 39.7 Å². The summed E-state index contributed by atoms with van der Waals surface area (Å²) in [6.45, 7) is 7.14. The quantitative estimate of drug-likeness (QED) is 0.236. The molecular weight excluding hydrogens is 658 g/mol. The van der Waals surface area contributed by atoms with Gasteiger partial charge in [0.2, 0.25) is 5.43 Å². The molecule has 0 radical (unpaired) electrons. The number of hydrogen-bond acceptors (Lipinski definition) is 9. The van der Waals surface area contributed by atoms with Crippen LogP contribution in [0.15, 0.2) is 73.4 Å². The molecule has 2 amide bonds. The topological polar surface area (TPSA) is 163 Å². The van der Waals surface area contributed by atoms with Crippen molar-refractivity contribution in [2.75, 3.05) is 19.5 Å². The zero-order valence-corrected chi connectivity index (χ0v) is 28.3. The third-order valence-corrected chi connectivity index (χ3v) is 8.63. The van der Waals surface area contributed by atoms with Crippen LogP contribution in [0.4, 0.5) is 10.5 Å². The largest absolute Gasteiger partial charge is 0.452 e. The van der Waals surface area contributed by atoms with E-state index in [0.29, 0.717) is 45.7 Å². The fraction of sp³-hybridized carbons (Fsp3) is 0.412. The molecule has 0 spiro atoms. The Morgan fingerprint density at radius 3 is 2.57 bits per heavy atom. The van der Waals surface area contributed by atoms with Crippen LogP contribution in [-0.4, -0.2) is 60.7 Å². The number of fused-ring (bicyclic) bond motifs is 5. The van der Waals surface area contributed by atoms with Gasteiger partial charge in [0.25, 0.3) is 5.91 Å². The summed E-state index contributed by atoms with van der Waals surface area (Å²) in [6.07, 6.45) is 3.03. The van der Waals surface area contributed by atoms with Crippen molar-refractivity contribution in [1.82, 2.24) is 4.98 Å². The molecule has 246 valence electrons. The number of aliphatic hydroxyl groups excluding tert-OH is 1. The molecule has 2 heterocycles. The maximum atomic E-state index is 13.9. The summed E-state index contributed by atoms with van der Waals surface area (Å²) < 4.78 is 23.8. The number of allylic oxidation sites excluding steroid dienone is 2. The number of nitrogens with two attached hydrogens (primary N) is 1. The second-order valence-electron chi connectivity index (χ2n) is 11.7. The second kappa shape index (κ2) is 15.2. The highest BCUT2D eigenvalue weighted by Gasteiger charge is 2.30. The van der Waals surface area contributed by atoms with Crippen LogP contribution in [0, 0.1) is 11.8 Å². The number of benzene rings is 2. The average molecular weight is 699 g/mol. The first kappa shape index (κ1) is 35.0. The Morgan fingerprint density at radius 1 is 1.15 bits per heavy atom. The fourth-order valence-electron chi connectivity index (χ4n) is 5.67. The van der Waals surface area contributed by atoms with Crippen molar-refractivity contribution >= 4 is 44.7 Å². The zero-order valence-electron chi connectivity index (χ0n) is 26.7. The van der Waals surface area contributed by atoms with Crippen molar-refractivity contribution in [3.05, 3.63) is 80.0 Å². The molecule has 0 fully saturated rings. The fourth-order valence-corrected chi connectivity index (χ4v) is 6.01. The summed E-state index contributed by atoms with van der Waals surface area (Å²) in [5.74, 6) is -0.754. The average Bonchev–Trinajstić information content (AvgIpc) is 3.01. The van der Waals surface area contributed by atoms with Gasteiger partial charge in [0.05, 0.1) is 17.9 Å². The van der Waals surface area contributed by atoms with Crippen molar-refractivity contribution in [2.24, 2.45) is 17.6 Å². The monoisotopic (exact) mass is 697 g/mol. The normalized spacial score (nSPS) is 28.1. The SMILES string of the molecule is CO[C@H]1/C=C/C=C(\C)C(=O)Nc2cc3nc4ccc(Br)cc4oc-3c(c2=O)C[C@@H](C)C[C@@H](OC)[C@@H](O)[C@@H](C)/C=C(/C)[C@H]1OC(N)=O. The van der Waals surface area contributed by atoms with Gasteiger partial charge in [-0.2, -0.15) is 0 Å². The molecule has 46 heavy (non-hydrogen) atoms. The molecule has 4 N–H and O–H groups in total. The van der Waals surface area contributed by atoms with Gasteiger partial charge >= 0.3 is 6.09 Å². The van der Waals surface area contributed by atoms with Gasteiger partial charge in [-0.05, 0) is 62.4 Å². The van der Waals surface area contributed by atoms with Gasteiger partial charge in [-0.3, -0.25) is 9.59 Å². The van der Waals surface area contributed by atoms with Gasteiger partial charge < -0.3 is 34.8 Å². The van der Waals surface area contributed by atoms with E-state index in [-0.39, 0.29) is 23.5 Å². The zero-order chi connectivity index (χ0) is 33.7. The number of aliphatic hydroxyl groups is 1. The van der Waals surface area contributed by atoms with Crippen LogP contribution in [0.3, 0.4) is 0 Å². The molecule has 11 nitrogen and oxygen atoms in total. The molecule has 1 aliphatic carbocycles. The van der Waals surface area contributed by atoms with Crippen LogP contribution in [-0.2, 0) is 25.4 Å².